The molecule has 0 bridgehead atoms. The monoisotopic (exact) mass is 148 g/mol. The van der Waals surface area contributed by atoms with E-state index in [9.17, 15) is 0 Å². The summed E-state index contributed by atoms with van der Waals surface area (Å²) in [7, 11) is 0. The van der Waals surface area contributed by atoms with Crippen LogP contribution in [0.25, 0.3) is 0 Å². The molecule has 0 unspecified atom stereocenters. The summed E-state index contributed by atoms with van der Waals surface area (Å²) < 4.78 is 0. The molecule has 60 valence electrons. The fourth-order valence-electron chi connectivity index (χ4n) is 1.42. The van der Waals surface area contributed by atoms with E-state index in [1.807, 2.05) is 0 Å². The fraction of sp³-hybridized carbons (Fsp3) is 0.455. The van der Waals surface area contributed by atoms with Crippen LogP contribution in [-0.4, -0.2) is 0 Å². The van der Waals surface area contributed by atoms with Crippen LogP contribution in [0.4, 0.5) is 0 Å². The largest absolute Gasteiger partial charge is 0.0651 e. The highest BCUT2D eigenvalue weighted by atomic mass is 14.0. The number of rotatable bonds is 3. The van der Waals surface area contributed by atoms with Crippen LogP contribution < -0.4 is 0 Å². The molecule has 0 heterocycles. The van der Waals surface area contributed by atoms with E-state index < -0.39 is 0 Å². The molecule has 11 heavy (non-hydrogen) atoms. The first-order valence-corrected chi connectivity index (χ1v) is 4.45. The summed E-state index contributed by atoms with van der Waals surface area (Å²) in [4.78, 5) is 0. The zero-order valence-electron chi connectivity index (χ0n) is 7.43. The van der Waals surface area contributed by atoms with Gasteiger partial charge in [0.2, 0.25) is 0 Å². The summed E-state index contributed by atoms with van der Waals surface area (Å²) >= 11 is 0. The molecular weight excluding hydrogens is 132 g/mol. The predicted molar refractivity (Wildman–Crippen MR) is 49.8 cm³/mol. The lowest BCUT2D eigenvalue weighted by Gasteiger charge is -2.04. The zero-order chi connectivity index (χ0) is 8.10. The average Bonchev–Trinajstić information content (AvgIpc) is 2.06. The second kappa shape index (κ2) is 4.17. The lowest BCUT2D eigenvalue weighted by atomic mass is 10.0. The standard InChI is InChI=1S/C11H16/c1-3-7-11-9-6-5-8-10(11)4-2/h5-6,8-9H,3-4,7H2,1-2H3. The van der Waals surface area contributed by atoms with Gasteiger partial charge in [-0.15, -0.1) is 0 Å². The van der Waals surface area contributed by atoms with Crippen molar-refractivity contribution in [2.24, 2.45) is 0 Å². The third kappa shape index (κ3) is 2.07. The van der Waals surface area contributed by atoms with E-state index in [0.29, 0.717) is 0 Å². The first-order chi connectivity index (χ1) is 5.38. The third-order valence-electron chi connectivity index (χ3n) is 2.02. The van der Waals surface area contributed by atoms with Crippen molar-refractivity contribution in [1.29, 1.82) is 0 Å². The van der Waals surface area contributed by atoms with E-state index in [-0.39, 0.29) is 0 Å². The predicted octanol–water partition coefficient (Wildman–Crippen LogP) is 3.20. The molecule has 0 aliphatic rings. The Labute approximate surface area is 69.3 Å². The minimum Gasteiger partial charge on any atom is -0.0651 e. The molecule has 0 amide bonds. The van der Waals surface area contributed by atoms with Gasteiger partial charge in [0.25, 0.3) is 0 Å². The van der Waals surface area contributed by atoms with E-state index in [1.165, 1.54) is 24.0 Å². The average molecular weight is 148 g/mol. The van der Waals surface area contributed by atoms with Crippen molar-refractivity contribution in [3.63, 3.8) is 0 Å². The van der Waals surface area contributed by atoms with Gasteiger partial charge in [0, 0.05) is 0 Å². The van der Waals surface area contributed by atoms with Crippen LogP contribution in [0, 0.1) is 0 Å². The Bertz CT molecular complexity index is 213. The molecule has 1 aromatic carbocycles. The second-order valence-corrected chi connectivity index (χ2v) is 2.87. The normalized spacial score (nSPS) is 10.0. The van der Waals surface area contributed by atoms with Crippen molar-refractivity contribution in [1.82, 2.24) is 0 Å². The highest BCUT2D eigenvalue weighted by Gasteiger charge is 1.96. The van der Waals surface area contributed by atoms with Gasteiger partial charge in [0.1, 0.15) is 0 Å². The van der Waals surface area contributed by atoms with E-state index in [2.05, 4.69) is 38.1 Å². The van der Waals surface area contributed by atoms with Crippen molar-refractivity contribution in [3.05, 3.63) is 35.4 Å². The number of aryl methyl sites for hydroxylation is 2. The van der Waals surface area contributed by atoms with Crippen molar-refractivity contribution in [2.75, 3.05) is 0 Å². The van der Waals surface area contributed by atoms with Crippen molar-refractivity contribution in [3.8, 4) is 0 Å². The fourth-order valence-corrected chi connectivity index (χ4v) is 1.42. The highest BCUT2D eigenvalue weighted by molar-refractivity contribution is 5.26. The van der Waals surface area contributed by atoms with E-state index in [1.54, 1.807) is 0 Å². The van der Waals surface area contributed by atoms with Gasteiger partial charge in [0.05, 0.1) is 0 Å². The lowest BCUT2D eigenvalue weighted by Crippen LogP contribution is -1.90. The maximum absolute atomic E-state index is 2.24. The number of hydrogen-bond donors (Lipinski definition) is 0. The van der Waals surface area contributed by atoms with E-state index in [4.69, 9.17) is 0 Å². The molecule has 0 fully saturated rings. The molecule has 0 saturated carbocycles. The summed E-state index contributed by atoms with van der Waals surface area (Å²) in [5, 5.41) is 0. The van der Waals surface area contributed by atoms with Gasteiger partial charge >= 0.3 is 0 Å². The summed E-state index contributed by atoms with van der Waals surface area (Å²) in [6.45, 7) is 4.45. The van der Waals surface area contributed by atoms with Crippen LogP contribution in [0.2, 0.25) is 0 Å². The molecule has 0 atom stereocenters. The minimum atomic E-state index is 1.16. The van der Waals surface area contributed by atoms with Gasteiger partial charge in [-0.25, -0.2) is 0 Å². The van der Waals surface area contributed by atoms with Crippen molar-refractivity contribution in [2.45, 2.75) is 33.1 Å². The lowest BCUT2D eigenvalue weighted by molar-refractivity contribution is 0.899. The molecule has 0 aliphatic heterocycles. The Morgan fingerprint density at radius 1 is 1.00 bits per heavy atom. The number of benzene rings is 1. The summed E-state index contributed by atoms with van der Waals surface area (Å²) in [5.74, 6) is 0. The Kier molecular flexibility index (Phi) is 3.15. The molecule has 0 saturated heterocycles. The molecule has 0 nitrogen and oxygen atoms in total. The quantitative estimate of drug-likeness (QED) is 0.617. The molecule has 0 radical (unpaired) electrons. The van der Waals surface area contributed by atoms with Crippen LogP contribution in [-0.2, 0) is 12.8 Å². The summed E-state index contributed by atoms with van der Waals surface area (Å²) in [6, 6.07) is 8.72. The van der Waals surface area contributed by atoms with Gasteiger partial charge in [-0.1, -0.05) is 44.5 Å². The second-order valence-electron chi connectivity index (χ2n) is 2.87. The minimum absolute atomic E-state index is 1.16. The SMILES string of the molecule is CCCc1ccccc1CC. The van der Waals surface area contributed by atoms with Gasteiger partial charge in [0.15, 0.2) is 0 Å². The van der Waals surface area contributed by atoms with E-state index >= 15 is 0 Å². The Balaban J connectivity index is 2.83. The van der Waals surface area contributed by atoms with Crippen LogP contribution in [0.15, 0.2) is 24.3 Å². The number of hydrogen-bond acceptors (Lipinski definition) is 0. The molecule has 0 aliphatic carbocycles. The van der Waals surface area contributed by atoms with Crippen LogP contribution in [0.1, 0.15) is 31.4 Å². The van der Waals surface area contributed by atoms with Gasteiger partial charge < -0.3 is 0 Å². The topological polar surface area (TPSA) is 0 Å². The smallest absolute Gasteiger partial charge is 0.0279 e. The Morgan fingerprint density at radius 2 is 1.64 bits per heavy atom. The van der Waals surface area contributed by atoms with Crippen LogP contribution in [0.3, 0.4) is 0 Å². The summed E-state index contributed by atoms with van der Waals surface area (Å²) in [6.07, 6.45) is 3.64. The van der Waals surface area contributed by atoms with E-state index in [0.717, 1.165) is 6.42 Å². The molecule has 0 spiro atoms. The van der Waals surface area contributed by atoms with Crippen LogP contribution >= 0.6 is 0 Å². The molecule has 0 aromatic heterocycles. The first-order valence-electron chi connectivity index (χ1n) is 4.45. The Morgan fingerprint density at radius 3 is 2.18 bits per heavy atom. The molecule has 1 aromatic rings. The highest BCUT2D eigenvalue weighted by Crippen LogP contribution is 2.10. The molecular formula is C11H16. The molecule has 1 rings (SSSR count). The summed E-state index contributed by atoms with van der Waals surface area (Å²) in [5.41, 5.74) is 3.03. The maximum atomic E-state index is 2.24. The van der Waals surface area contributed by atoms with Crippen molar-refractivity contribution < 1.29 is 0 Å². The van der Waals surface area contributed by atoms with Gasteiger partial charge in [-0.2, -0.15) is 0 Å². The van der Waals surface area contributed by atoms with Crippen LogP contribution in [0.5, 0.6) is 0 Å². The van der Waals surface area contributed by atoms with Gasteiger partial charge in [-0.05, 0) is 24.0 Å². The first kappa shape index (κ1) is 8.32. The van der Waals surface area contributed by atoms with Gasteiger partial charge in [-0.3, -0.25) is 0 Å². The Hall–Kier alpha value is -0.780. The third-order valence-corrected chi connectivity index (χ3v) is 2.02. The molecule has 0 N–H and O–H groups in total. The van der Waals surface area contributed by atoms with Crippen molar-refractivity contribution >= 4 is 0 Å². The zero-order valence-corrected chi connectivity index (χ0v) is 7.43. The maximum Gasteiger partial charge on any atom is -0.0279 e. The molecule has 0 heteroatoms.